The molecule has 24 heavy (non-hydrogen) atoms. The van der Waals surface area contributed by atoms with Crippen molar-refractivity contribution in [3.05, 3.63) is 35.4 Å². The lowest BCUT2D eigenvalue weighted by Gasteiger charge is -2.51. The van der Waals surface area contributed by atoms with E-state index < -0.39 is 17.1 Å². The van der Waals surface area contributed by atoms with Gasteiger partial charge in [0.15, 0.2) is 0 Å². The van der Waals surface area contributed by atoms with E-state index in [0.29, 0.717) is 30.8 Å². The van der Waals surface area contributed by atoms with Crippen LogP contribution in [0.2, 0.25) is 0 Å². The molecule has 2 saturated heterocycles. The van der Waals surface area contributed by atoms with E-state index in [9.17, 15) is 9.59 Å². The minimum atomic E-state index is -0.500. The Balaban J connectivity index is 1.81. The molecule has 2 fully saturated rings. The topological polar surface area (TPSA) is 81.9 Å². The van der Waals surface area contributed by atoms with Crippen molar-refractivity contribution in [1.82, 2.24) is 4.90 Å². The molecule has 6 heteroatoms. The molecule has 1 spiro atoms. The lowest BCUT2D eigenvalue weighted by molar-refractivity contribution is -0.225. The summed E-state index contributed by atoms with van der Waals surface area (Å²) < 4.78 is 11.9. The molecule has 2 amide bonds. The third-order valence-electron chi connectivity index (χ3n) is 4.53. The molecule has 6 nitrogen and oxygen atoms in total. The smallest absolute Gasteiger partial charge is 0.254 e. The Kier molecular flexibility index (Phi) is 4.36. The second kappa shape index (κ2) is 6.18. The van der Waals surface area contributed by atoms with E-state index in [1.807, 2.05) is 18.7 Å². The lowest BCUT2D eigenvalue weighted by atomic mass is 9.90. The minimum absolute atomic E-state index is 0.0626. The quantitative estimate of drug-likeness (QED) is 0.891. The molecule has 1 unspecified atom stereocenters. The number of carbonyl (C=O) groups is 2. The molecule has 1 aromatic carbocycles. The molecule has 0 aromatic heterocycles. The number of hydrogen-bond acceptors (Lipinski definition) is 4. The van der Waals surface area contributed by atoms with E-state index >= 15 is 0 Å². The highest BCUT2D eigenvalue weighted by Crippen LogP contribution is 2.35. The van der Waals surface area contributed by atoms with Gasteiger partial charge in [-0.3, -0.25) is 9.59 Å². The van der Waals surface area contributed by atoms with Gasteiger partial charge in [-0.05, 0) is 51.0 Å². The van der Waals surface area contributed by atoms with Crippen molar-refractivity contribution in [2.45, 2.75) is 37.9 Å². The molecular formula is C18H24N2O4. The monoisotopic (exact) mass is 332 g/mol. The molecule has 2 aliphatic heterocycles. The second-order valence-electron chi connectivity index (χ2n) is 7.30. The van der Waals surface area contributed by atoms with Gasteiger partial charge in [0.1, 0.15) is 5.60 Å². The fraction of sp³-hybridized carbons (Fsp3) is 0.556. The summed E-state index contributed by atoms with van der Waals surface area (Å²) in [5, 5.41) is 0. The van der Waals surface area contributed by atoms with Gasteiger partial charge in [0.2, 0.25) is 5.91 Å². The Morgan fingerprint density at radius 1 is 1.12 bits per heavy atom. The molecule has 130 valence electrons. The van der Waals surface area contributed by atoms with Crippen LogP contribution in [0, 0.1) is 0 Å². The first-order valence-corrected chi connectivity index (χ1v) is 8.27. The molecule has 2 aliphatic rings. The Morgan fingerprint density at radius 2 is 1.79 bits per heavy atom. The highest BCUT2D eigenvalue weighted by atomic mass is 16.6. The van der Waals surface area contributed by atoms with Gasteiger partial charge in [-0.2, -0.15) is 0 Å². The number of benzene rings is 1. The predicted octanol–water partition coefficient (Wildman–Crippen LogP) is 1.59. The van der Waals surface area contributed by atoms with E-state index in [4.69, 9.17) is 15.2 Å². The Labute approximate surface area is 141 Å². The van der Waals surface area contributed by atoms with Gasteiger partial charge in [-0.15, -0.1) is 0 Å². The van der Waals surface area contributed by atoms with E-state index in [1.54, 1.807) is 24.3 Å². The maximum atomic E-state index is 12.9. The van der Waals surface area contributed by atoms with Crippen LogP contribution in [0.5, 0.6) is 0 Å². The van der Waals surface area contributed by atoms with Crippen molar-refractivity contribution in [3.63, 3.8) is 0 Å². The van der Waals surface area contributed by atoms with Gasteiger partial charge < -0.3 is 20.1 Å². The Hall–Kier alpha value is -1.92. The lowest BCUT2D eigenvalue weighted by Crippen LogP contribution is -2.63. The molecule has 1 atom stereocenters. The first-order valence-electron chi connectivity index (χ1n) is 8.27. The number of hydrogen-bond donors (Lipinski definition) is 1. The fourth-order valence-corrected chi connectivity index (χ4v) is 3.65. The summed E-state index contributed by atoms with van der Waals surface area (Å²) in [7, 11) is 0. The van der Waals surface area contributed by atoms with Crippen molar-refractivity contribution in [3.8, 4) is 0 Å². The van der Waals surface area contributed by atoms with Crippen LogP contribution >= 0.6 is 0 Å². The summed E-state index contributed by atoms with van der Waals surface area (Å²) in [6.45, 7) is 6.30. The molecule has 2 heterocycles. The highest BCUT2D eigenvalue weighted by Gasteiger charge is 2.46. The van der Waals surface area contributed by atoms with Gasteiger partial charge in [0.25, 0.3) is 5.91 Å². The SMILES string of the molecule is CC1(C)CN(C(=O)c2ccc(C(N)=O)cc2)CC2(CCCOC2)O1. The largest absolute Gasteiger partial charge is 0.378 e. The van der Waals surface area contributed by atoms with Gasteiger partial charge >= 0.3 is 0 Å². The number of amides is 2. The summed E-state index contributed by atoms with van der Waals surface area (Å²) in [5.41, 5.74) is 5.33. The number of morpholine rings is 1. The molecule has 0 radical (unpaired) electrons. The van der Waals surface area contributed by atoms with E-state index in [-0.39, 0.29) is 5.91 Å². The van der Waals surface area contributed by atoms with Crippen LogP contribution in [0.1, 0.15) is 47.4 Å². The normalized spacial score (nSPS) is 26.3. The van der Waals surface area contributed by atoms with Crippen LogP contribution in [-0.2, 0) is 9.47 Å². The van der Waals surface area contributed by atoms with E-state index in [2.05, 4.69) is 0 Å². The summed E-state index contributed by atoms with van der Waals surface area (Å²) in [4.78, 5) is 25.9. The molecular weight excluding hydrogens is 308 g/mol. The maximum Gasteiger partial charge on any atom is 0.254 e. The van der Waals surface area contributed by atoms with Crippen LogP contribution in [0.25, 0.3) is 0 Å². The number of nitrogens with zero attached hydrogens (tertiary/aromatic N) is 1. The molecule has 2 N–H and O–H groups in total. The first kappa shape index (κ1) is 16.9. The van der Waals surface area contributed by atoms with Crippen molar-refractivity contribution < 1.29 is 19.1 Å². The highest BCUT2D eigenvalue weighted by molar-refractivity contribution is 5.97. The molecule has 0 bridgehead atoms. The molecule has 0 aliphatic carbocycles. The number of ether oxygens (including phenoxy) is 2. The number of nitrogens with two attached hydrogens (primary N) is 1. The maximum absolute atomic E-state index is 12.9. The van der Waals surface area contributed by atoms with E-state index in [1.165, 1.54) is 0 Å². The van der Waals surface area contributed by atoms with Crippen molar-refractivity contribution >= 4 is 11.8 Å². The van der Waals surface area contributed by atoms with Gasteiger partial charge in [0.05, 0.1) is 18.8 Å². The van der Waals surface area contributed by atoms with Crippen LogP contribution in [0.4, 0.5) is 0 Å². The predicted molar refractivity (Wildman–Crippen MR) is 88.8 cm³/mol. The molecule has 1 aromatic rings. The third kappa shape index (κ3) is 3.44. The van der Waals surface area contributed by atoms with Crippen molar-refractivity contribution in [2.75, 3.05) is 26.3 Å². The Bertz CT molecular complexity index is 633. The third-order valence-corrected chi connectivity index (χ3v) is 4.53. The van der Waals surface area contributed by atoms with Crippen LogP contribution in [0.3, 0.4) is 0 Å². The van der Waals surface area contributed by atoms with Crippen molar-refractivity contribution in [2.24, 2.45) is 5.73 Å². The molecule has 3 rings (SSSR count). The van der Waals surface area contributed by atoms with Crippen LogP contribution in [-0.4, -0.2) is 54.2 Å². The van der Waals surface area contributed by atoms with Gasteiger partial charge in [-0.1, -0.05) is 0 Å². The first-order chi connectivity index (χ1) is 11.3. The standard InChI is InChI=1S/C18H24N2O4/c1-17(2)10-20(11-18(24-17)8-3-9-23-12-18)16(22)14-6-4-13(5-7-14)15(19)21/h4-7H,3,8-12H2,1-2H3,(H2,19,21). The fourth-order valence-electron chi connectivity index (χ4n) is 3.65. The summed E-state index contributed by atoms with van der Waals surface area (Å²) in [6, 6.07) is 6.46. The zero-order chi connectivity index (χ0) is 17.4. The summed E-state index contributed by atoms with van der Waals surface area (Å²) >= 11 is 0. The van der Waals surface area contributed by atoms with E-state index in [0.717, 1.165) is 19.4 Å². The average Bonchev–Trinajstić information content (AvgIpc) is 2.53. The number of primary amides is 1. The zero-order valence-corrected chi connectivity index (χ0v) is 14.2. The van der Waals surface area contributed by atoms with Crippen LogP contribution < -0.4 is 5.73 Å². The van der Waals surface area contributed by atoms with Gasteiger partial charge in [0, 0.05) is 24.3 Å². The minimum Gasteiger partial charge on any atom is -0.378 e. The Morgan fingerprint density at radius 3 is 2.38 bits per heavy atom. The zero-order valence-electron chi connectivity index (χ0n) is 14.2. The molecule has 0 saturated carbocycles. The second-order valence-corrected chi connectivity index (χ2v) is 7.30. The number of carbonyl (C=O) groups excluding carboxylic acids is 2. The van der Waals surface area contributed by atoms with Crippen molar-refractivity contribution in [1.29, 1.82) is 0 Å². The average molecular weight is 332 g/mol. The van der Waals surface area contributed by atoms with Crippen LogP contribution in [0.15, 0.2) is 24.3 Å². The summed E-state index contributed by atoms with van der Waals surface area (Å²) in [6.07, 6.45) is 1.83. The van der Waals surface area contributed by atoms with Gasteiger partial charge in [-0.25, -0.2) is 0 Å². The number of rotatable bonds is 2. The summed E-state index contributed by atoms with van der Waals surface area (Å²) in [5.74, 6) is -0.563.